The monoisotopic (exact) mass is 333 g/mol. The average molecular weight is 334 g/mol. The highest BCUT2D eigenvalue weighted by Gasteiger charge is 2.11. The van der Waals surface area contributed by atoms with Crippen molar-refractivity contribution in [2.45, 2.75) is 19.5 Å². The van der Waals surface area contributed by atoms with Gasteiger partial charge in [-0.2, -0.15) is 0 Å². The Hall–Kier alpha value is -2.04. The molecular formula is C18H22ClN2O2+. The standard InChI is InChI=1S/C18H21ClN2O2/c1-13(15-4-3-5-16(19)10-15)20-12-18(22)21-11-14-6-8-17(23-2)9-7-14/h3-10,13,20H,11-12H2,1-2H3,(H,21,22)/p+1/t13-/m0/s1. The molecule has 0 heterocycles. The molecule has 0 fully saturated rings. The SMILES string of the molecule is COc1ccc(CNC(=O)C[NH2+][C@@H](C)c2cccc(Cl)c2)cc1. The van der Waals surface area contributed by atoms with Crippen molar-refractivity contribution >= 4 is 17.5 Å². The summed E-state index contributed by atoms with van der Waals surface area (Å²) in [4.78, 5) is 11.9. The molecule has 122 valence electrons. The van der Waals surface area contributed by atoms with Crippen LogP contribution in [0.15, 0.2) is 48.5 Å². The summed E-state index contributed by atoms with van der Waals surface area (Å²) in [6, 6.07) is 15.5. The van der Waals surface area contributed by atoms with Crippen LogP contribution in [0.3, 0.4) is 0 Å². The molecule has 0 bridgehead atoms. The van der Waals surface area contributed by atoms with E-state index >= 15 is 0 Å². The second-order valence-electron chi connectivity index (χ2n) is 5.41. The first-order valence-electron chi connectivity index (χ1n) is 7.57. The minimum Gasteiger partial charge on any atom is -0.497 e. The molecule has 2 aromatic rings. The number of ether oxygens (including phenoxy) is 1. The zero-order valence-corrected chi connectivity index (χ0v) is 14.1. The number of nitrogens with two attached hydrogens (primary N) is 1. The Morgan fingerprint density at radius 2 is 2.00 bits per heavy atom. The number of quaternary nitrogens is 1. The first-order chi connectivity index (χ1) is 11.1. The van der Waals surface area contributed by atoms with Gasteiger partial charge in [0.15, 0.2) is 6.54 Å². The smallest absolute Gasteiger partial charge is 0.275 e. The van der Waals surface area contributed by atoms with E-state index in [0.29, 0.717) is 18.1 Å². The van der Waals surface area contributed by atoms with Gasteiger partial charge in [0.2, 0.25) is 0 Å². The van der Waals surface area contributed by atoms with Crippen molar-refractivity contribution in [3.63, 3.8) is 0 Å². The van der Waals surface area contributed by atoms with E-state index < -0.39 is 0 Å². The van der Waals surface area contributed by atoms with Crippen LogP contribution >= 0.6 is 11.6 Å². The second-order valence-corrected chi connectivity index (χ2v) is 5.84. The predicted molar refractivity (Wildman–Crippen MR) is 91.5 cm³/mol. The average Bonchev–Trinajstić information content (AvgIpc) is 2.58. The Kier molecular flexibility index (Phi) is 6.44. The topological polar surface area (TPSA) is 54.9 Å². The molecule has 0 spiro atoms. The zero-order valence-electron chi connectivity index (χ0n) is 13.4. The van der Waals surface area contributed by atoms with E-state index in [1.165, 1.54) is 0 Å². The molecule has 0 saturated carbocycles. The highest BCUT2D eigenvalue weighted by Crippen LogP contribution is 2.14. The Labute approximate surface area is 141 Å². The van der Waals surface area contributed by atoms with Crippen LogP contribution in [0.25, 0.3) is 0 Å². The minimum absolute atomic E-state index is 0.00898. The Morgan fingerprint density at radius 3 is 2.65 bits per heavy atom. The Bertz CT molecular complexity index is 644. The molecule has 0 aliphatic heterocycles. The lowest BCUT2D eigenvalue weighted by Crippen LogP contribution is -2.87. The molecule has 2 aromatic carbocycles. The number of benzene rings is 2. The summed E-state index contributed by atoms with van der Waals surface area (Å²) in [5, 5.41) is 5.63. The molecule has 0 aliphatic carbocycles. The Morgan fingerprint density at radius 1 is 1.26 bits per heavy atom. The predicted octanol–water partition coefficient (Wildman–Crippen LogP) is 2.29. The van der Waals surface area contributed by atoms with Crippen molar-refractivity contribution in [3.05, 3.63) is 64.7 Å². The highest BCUT2D eigenvalue weighted by molar-refractivity contribution is 6.30. The molecule has 3 N–H and O–H groups in total. The molecule has 2 rings (SSSR count). The van der Waals surface area contributed by atoms with Crippen molar-refractivity contribution in [2.24, 2.45) is 0 Å². The van der Waals surface area contributed by atoms with Crippen molar-refractivity contribution in [3.8, 4) is 5.75 Å². The van der Waals surface area contributed by atoms with Crippen LogP contribution in [0.1, 0.15) is 24.1 Å². The van der Waals surface area contributed by atoms with Crippen LogP contribution < -0.4 is 15.4 Å². The third-order valence-electron chi connectivity index (χ3n) is 3.68. The van der Waals surface area contributed by atoms with Gasteiger partial charge in [-0.15, -0.1) is 0 Å². The molecular weight excluding hydrogens is 312 g/mol. The third kappa shape index (κ3) is 5.58. The molecule has 5 heteroatoms. The molecule has 1 amide bonds. The van der Waals surface area contributed by atoms with Crippen molar-refractivity contribution in [2.75, 3.05) is 13.7 Å². The van der Waals surface area contributed by atoms with Crippen LogP contribution in [0.5, 0.6) is 5.75 Å². The summed E-state index contributed by atoms with van der Waals surface area (Å²) < 4.78 is 5.11. The van der Waals surface area contributed by atoms with E-state index in [1.807, 2.05) is 53.8 Å². The van der Waals surface area contributed by atoms with Gasteiger partial charge in [-0.25, -0.2) is 0 Å². The summed E-state index contributed by atoms with van der Waals surface area (Å²) in [5.74, 6) is 0.818. The Balaban J connectivity index is 1.76. The van der Waals surface area contributed by atoms with Crippen LogP contribution in [-0.4, -0.2) is 19.6 Å². The van der Waals surface area contributed by atoms with Gasteiger partial charge in [-0.1, -0.05) is 35.9 Å². The number of hydrogen-bond donors (Lipinski definition) is 2. The van der Waals surface area contributed by atoms with Gasteiger partial charge in [-0.3, -0.25) is 4.79 Å². The van der Waals surface area contributed by atoms with Crippen LogP contribution in [0.4, 0.5) is 0 Å². The number of hydrogen-bond acceptors (Lipinski definition) is 2. The number of carbonyl (C=O) groups excluding carboxylic acids is 1. The van der Waals surface area contributed by atoms with Gasteiger partial charge >= 0.3 is 0 Å². The van der Waals surface area contributed by atoms with Crippen LogP contribution in [-0.2, 0) is 11.3 Å². The molecule has 1 atom stereocenters. The largest absolute Gasteiger partial charge is 0.497 e. The fourth-order valence-corrected chi connectivity index (χ4v) is 2.42. The summed E-state index contributed by atoms with van der Waals surface area (Å²) in [6.07, 6.45) is 0. The molecule has 4 nitrogen and oxygen atoms in total. The van der Waals surface area contributed by atoms with Crippen molar-refractivity contribution in [1.29, 1.82) is 0 Å². The normalized spacial score (nSPS) is 11.8. The van der Waals surface area contributed by atoms with Crippen LogP contribution in [0.2, 0.25) is 5.02 Å². The maximum Gasteiger partial charge on any atom is 0.275 e. The molecule has 23 heavy (non-hydrogen) atoms. The fraction of sp³-hybridized carbons (Fsp3) is 0.278. The van der Waals surface area contributed by atoms with E-state index in [9.17, 15) is 4.79 Å². The lowest BCUT2D eigenvalue weighted by atomic mass is 10.1. The second kappa shape index (κ2) is 8.56. The lowest BCUT2D eigenvalue weighted by Gasteiger charge is -2.11. The van der Waals surface area contributed by atoms with Gasteiger partial charge in [0.1, 0.15) is 11.8 Å². The first-order valence-corrected chi connectivity index (χ1v) is 7.94. The fourth-order valence-electron chi connectivity index (χ4n) is 2.23. The maximum atomic E-state index is 11.9. The van der Waals surface area contributed by atoms with Gasteiger partial charge in [0, 0.05) is 17.1 Å². The number of methoxy groups -OCH3 is 1. The van der Waals surface area contributed by atoms with Crippen molar-refractivity contribution in [1.82, 2.24) is 5.32 Å². The number of halogens is 1. The molecule has 0 radical (unpaired) electrons. The summed E-state index contributed by atoms with van der Waals surface area (Å²) >= 11 is 5.99. The molecule has 0 aliphatic rings. The number of rotatable bonds is 7. The summed E-state index contributed by atoms with van der Waals surface area (Å²) in [7, 11) is 1.63. The van der Waals surface area contributed by atoms with Gasteiger partial charge < -0.3 is 15.4 Å². The quantitative estimate of drug-likeness (QED) is 0.817. The van der Waals surface area contributed by atoms with Gasteiger partial charge in [0.05, 0.1) is 7.11 Å². The summed E-state index contributed by atoms with van der Waals surface area (Å²) in [6.45, 7) is 2.95. The van der Waals surface area contributed by atoms with Gasteiger partial charge in [-0.05, 0) is 36.8 Å². The highest BCUT2D eigenvalue weighted by atomic mass is 35.5. The van der Waals surface area contributed by atoms with E-state index in [1.54, 1.807) is 7.11 Å². The van der Waals surface area contributed by atoms with Crippen molar-refractivity contribution < 1.29 is 14.8 Å². The van der Waals surface area contributed by atoms with E-state index in [-0.39, 0.29) is 11.9 Å². The first kappa shape index (κ1) is 17.3. The number of amides is 1. The number of carbonyl (C=O) groups is 1. The van der Waals surface area contributed by atoms with E-state index in [0.717, 1.165) is 16.9 Å². The van der Waals surface area contributed by atoms with E-state index in [4.69, 9.17) is 16.3 Å². The third-order valence-corrected chi connectivity index (χ3v) is 3.92. The van der Waals surface area contributed by atoms with Crippen LogP contribution in [0, 0.1) is 0 Å². The van der Waals surface area contributed by atoms with E-state index in [2.05, 4.69) is 12.2 Å². The zero-order chi connectivity index (χ0) is 16.7. The molecule has 0 unspecified atom stereocenters. The molecule has 0 saturated heterocycles. The minimum atomic E-state index is 0.00898. The lowest BCUT2D eigenvalue weighted by molar-refractivity contribution is -0.682. The summed E-state index contributed by atoms with van der Waals surface area (Å²) in [5.41, 5.74) is 2.16. The van der Waals surface area contributed by atoms with Gasteiger partial charge in [0.25, 0.3) is 5.91 Å². The molecule has 0 aromatic heterocycles. The maximum absolute atomic E-state index is 11.9. The number of nitrogens with one attached hydrogen (secondary N) is 1.